The molecule has 0 aliphatic carbocycles. The fourth-order valence-corrected chi connectivity index (χ4v) is 3.58. The molecular formula is C14H13BrFNO2S. The van der Waals surface area contributed by atoms with E-state index in [1.165, 1.54) is 12.1 Å². The number of carboxylic acid groups (broad SMARTS) is 1. The van der Waals surface area contributed by atoms with Crippen molar-refractivity contribution in [1.82, 2.24) is 4.98 Å². The topological polar surface area (TPSA) is 50.2 Å². The fraction of sp³-hybridized carbons (Fsp3) is 0.286. The molecule has 106 valence electrons. The van der Waals surface area contributed by atoms with Gasteiger partial charge in [-0.1, -0.05) is 20.8 Å². The SMILES string of the molecule is CC(C)(C)c1nc(-c2ccc(F)cc2Br)sc1C(=O)O. The third-order valence-corrected chi connectivity index (χ3v) is 4.43. The van der Waals surface area contributed by atoms with Gasteiger partial charge in [-0.3, -0.25) is 0 Å². The van der Waals surface area contributed by atoms with Gasteiger partial charge in [0.1, 0.15) is 15.7 Å². The first-order valence-corrected chi connectivity index (χ1v) is 7.51. The Morgan fingerprint density at radius 2 is 2.05 bits per heavy atom. The molecule has 6 heteroatoms. The average Bonchev–Trinajstić information content (AvgIpc) is 2.73. The highest BCUT2D eigenvalue weighted by molar-refractivity contribution is 9.10. The molecule has 0 fully saturated rings. The van der Waals surface area contributed by atoms with Crippen LogP contribution in [0, 0.1) is 5.82 Å². The molecule has 2 rings (SSSR count). The van der Waals surface area contributed by atoms with Gasteiger partial charge in [0.15, 0.2) is 0 Å². The maximum absolute atomic E-state index is 13.1. The number of halogens is 2. The minimum Gasteiger partial charge on any atom is -0.477 e. The summed E-state index contributed by atoms with van der Waals surface area (Å²) >= 11 is 4.39. The third-order valence-electron chi connectivity index (χ3n) is 2.69. The second kappa shape index (κ2) is 5.26. The monoisotopic (exact) mass is 357 g/mol. The van der Waals surface area contributed by atoms with Gasteiger partial charge in [0.2, 0.25) is 0 Å². The summed E-state index contributed by atoms with van der Waals surface area (Å²) in [6.45, 7) is 5.74. The van der Waals surface area contributed by atoms with Crippen molar-refractivity contribution in [3.8, 4) is 10.6 Å². The Kier molecular flexibility index (Phi) is 3.97. The molecule has 0 atom stereocenters. The molecular weight excluding hydrogens is 345 g/mol. The molecule has 0 bridgehead atoms. The van der Waals surface area contributed by atoms with Gasteiger partial charge >= 0.3 is 5.97 Å². The number of benzene rings is 1. The van der Waals surface area contributed by atoms with E-state index in [2.05, 4.69) is 20.9 Å². The van der Waals surface area contributed by atoms with E-state index in [0.29, 0.717) is 20.7 Å². The van der Waals surface area contributed by atoms with Crippen molar-refractivity contribution in [2.75, 3.05) is 0 Å². The lowest BCUT2D eigenvalue weighted by atomic mass is 9.91. The van der Waals surface area contributed by atoms with Gasteiger partial charge < -0.3 is 5.11 Å². The lowest BCUT2D eigenvalue weighted by Gasteiger charge is -2.16. The van der Waals surface area contributed by atoms with Crippen molar-refractivity contribution < 1.29 is 14.3 Å². The van der Waals surface area contributed by atoms with Crippen LogP contribution >= 0.6 is 27.3 Å². The van der Waals surface area contributed by atoms with Gasteiger partial charge in [-0.15, -0.1) is 11.3 Å². The molecule has 1 heterocycles. The first-order chi connectivity index (χ1) is 9.20. The Hall–Kier alpha value is -1.27. The summed E-state index contributed by atoms with van der Waals surface area (Å²) in [6.07, 6.45) is 0. The predicted molar refractivity (Wildman–Crippen MR) is 80.9 cm³/mol. The summed E-state index contributed by atoms with van der Waals surface area (Å²) in [6, 6.07) is 4.27. The van der Waals surface area contributed by atoms with Crippen LogP contribution in [-0.2, 0) is 5.41 Å². The highest BCUT2D eigenvalue weighted by Gasteiger charge is 2.27. The molecule has 0 unspecified atom stereocenters. The minimum atomic E-state index is -0.989. The average molecular weight is 358 g/mol. The smallest absolute Gasteiger partial charge is 0.347 e. The van der Waals surface area contributed by atoms with Gasteiger partial charge in [0.25, 0.3) is 0 Å². The van der Waals surface area contributed by atoms with Crippen molar-refractivity contribution >= 4 is 33.2 Å². The molecule has 20 heavy (non-hydrogen) atoms. The summed E-state index contributed by atoms with van der Waals surface area (Å²) in [5.74, 6) is -1.34. The van der Waals surface area contributed by atoms with Crippen molar-refractivity contribution in [2.45, 2.75) is 26.2 Å². The molecule has 1 aromatic heterocycles. The molecule has 2 aromatic rings. The molecule has 1 aromatic carbocycles. The van der Waals surface area contributed by atoms with Gasteiger partial charge in [0, 0.05) is 15.5 Å². The molecule has 0 spiro atoms. The first-order valence-electron chi connectivity index (χ1n) is 5.90. The number of aromatic nitrogens is 1. The zero-order valence-corrected chi connectivity index (χ0v) is 13.6. The maximum Gasteiger partial charge on any atom is 0.347 e. The molecule has 0 saturated heterocycles. The van der Waals surface area contributed by atoms with Crippen molar-refractivity contribution in [3.05, 3.63) is 39.1 Å². The van der Waals surface area contributed by atoms with Crippen LogP contribution in [-0.4, -0.2) is 16.1 Å². The minimum absolute atomic E-state index is 0.226. The number of carbonyl (C=O) groups is 1. The third kappa shape index (κ3) is 2.91. The molecule has 0 saturated carbocycles. The Morgan fingerprint density at radius 1 is 1.40 bits per heavy atom. The van der Waals surface area contributed by atoms with E-state index in [9.17, 15) is 14.3 Å². The lowest BCUT2D eigenvalue weighted by molar-refractivity contribution is 0.0699. The molecule has 0 aliphatic rings. The summed E-state index contributed by atoms with van der Waals surface area (Å²) in [4.78, 5) is 16.0. The van der Waals surface area contributed by atoms with Crippen LogP contribution < -0.4 is 0 Å². The van der Waals surface area contributed by atoms with E-state index in [4.69, 9.17) is 0 Å². The zero-order chi connectivity index (χ0) is 15.1. The summed E-state index contributed by atoms with van der Waals surface area (Å²) < 4.78 is 13.7. The van der Waals surface area contributed by atoms with E-state index in [0.717, 1.165) is 11.3 Å². The van der Waals surface area contributed by atoms with Gasteiger partial charge in [0.05, 0.1) is 5.69 Å². The number of hydrogen-bond donors (Lipinski definition) is 1. The van der Waals surface area contributed by atoms with Crippen LogP contribution in [0.1, 0.15) is 36.1 Å². The Labute approximate surface area is 128 Å². The van der Waals surface area contributed by atoms with E-state index in [1.54, 1.807) is 6.07 Å². The van der Waals surface area contributed by atoms with E-state index in [1.807, 2.05) is 20.8 Å². The first kappa shape index (κ1) is 15.1. The van der Waals surface area contributed by atoms with E-state index in [-0.39, 0.29) is 16.1 Å². The van der Waals surface area contributed by atoms with Gasteiger partial charge in [-0.05, 0) is 34.1 Å². The highest BCUT2D eigenvalue weighted by atomic mass is 79.9. The largest absolute Gasteiger partial charge is 0.477 e. The Bertz CT molecular complexity index is 676. The predicted octanol–water partition coefficient (Wildman–Crippen LogP) is 4.71. The number of thiazole rings is 1. The Balaban J connectivity index is 2.62. The number of carboxylic acids is 1. The summed E-state index contributed by atoms with van der Waals surface area (Å²) in [7, 11) is 0. The summed E-state index contributed by atoms with van der Waals surface area (Å²) in [5.41, 5.74) is 0.866. The van der Waals surface area contributed by atoms with E-state index >= 15 is 0 Å². The molecule has 0 amide bonds. The second-order valence-corrected chi connectivity index (χ2v) is 7.23. The summed E-state index contributed by atoms with van der Waals surface area (Å²) in [5, 5.41) is 9.87. The highest BCUT2D eigenvalue weighted by Crippen LogP contribution is 2.37. The van der Waals surface area contributed by atoms with Crippen LogP contribution in [0.5, 0.6) is 0 Å². The molecule has 1 N–H and O–H groups in total. The van der Waals surface area contributed by atoms with Gasteiger partial charge in [-0.25, -0.2) is 14.2 Å². The van der Waals surface area contributed by atoms with Crippen LogP contribution in [0.15, 0.2) is 22.7 Å². The van der Waals surface area contributed by atoms with Crippen LogP contribution in [0.3, 0.4) is 0 Å². The van der Waals surface area contributed by atoms with Crippen LogP contribution in [0.25, 0.3) is 10.6 Å². The maximum atomic E-state index is 13.1. The number of aromatic carboxylic acids is 1. The zero-order valence-electron chi connectivity index (χ0n) is 11.2. The normalized spacial score (nSPS) is 11.7. The molecule has 0 aliphatic heterocycles. The van der Waals surface area contributed by atoms with Crippen LogP contribution in [0.2, 0.25) is 0 Å². The molecule has 0 radical (unpaired) electrons. The van der Waals surface area contributed by atoms with Gasteiger partial charge in [-0.2, -0.15) is 0 Å². The standard InChI is InChI=1S/C14H13BrFNO2S/c1-14(2,3)11-10(13(18)19)20-12(17-11)8-5-4-7(16)6-9(8)15/h4-6H,1-3H3,(H,18,19). The van der Waals surface area contributed by atoms with Crippen molar-refractivity contribution in [1.29, 1.82) is 0 Å². The van der Waals surface area contributed by atoms with Crippen LogP contribution in [0.4, 0.5) is 4.39 Å². The molecule has 3 nitrogen and oxygen atoms in total. The quantitative estimate of drug-likeness (QED) is 0.846. The lowest BCUT2D eigenvalue weighted by Crippen LogP contribution is -2.16. The van der Waals surface area contributed by atoms with Crippen molar-refractivity contribution in [3.63, 3.8) is 0 Å². The fourth-order valence-electron chi connectivity index (χ4n) is 1.75. The van der Waals surface area contributed by atoms with Crippen molar-refractivity contribution in [2.24, 2.45) is 0 Å². The number of hydrogen-bond acceptors (Lipinski definition) is 3. The Morgan fingerprint density at radius 3 is 2.50 bits per heavy atom. The second-order valence-electron chi connectivity index (χ2n) is 5.38. The van der Waals surface area contributed by atoms with E-state index < -0.39 is 5.97 Å². The number of nitrogens with zero attached hydrogens (tertiary/aromatic N) is 1. The number of rotatable bonds is 2.